The molecule has 2 aromatic carbocycles. The molecule has 0 amide bonds. The molecule has 2 atom stereocenters. The highest BCUT2D eigenvalue weighted by Crippen LogP contribution is 2.30. The van der Waals surface area contributed by atoms with Gasteiger partial charge in [-0.2, -0.15) is 0 Å². The molecule has 3 heterocycles. The number of carbonyl (C=O) groups excluding carboxylic acids is 2. The lowest BCUT2D eigenvalue weighted by molar-refractivity contribution is -0.0224. The van der Waals surface area contributed by atoms with E-state index in [-0.39, 0.29) is 41.8 Å². The Morgan fingerprint density at radius 3 is 2.67 bits per heavy atom. The van der Waals surface area contributed by atoms with E-state index in [2.05, 4.69) is 20.3 Å². The number of hydrogen-bond donors (Lipinski definition) is 3. The van der Waals surface area contributed by atoms with Gasteiger partial charge in [0.25, 0.3) is 0 Å². The predicted molar refractivity (Wildman–Crippen MR) is 137 cm³/mol. The number of nitrogens with one attached hydrogen (secondary N) is 2. The lowest BCUT2D eigenvalue weighted by Gasteiger charge is -2.29. The molecule has 1 aliphatic rings. The quantitative estimate of drug-likeness (QED) is 0.307. The molecule has 9 heteroatoms. The normalized spacial score (nSPS) is 17.7. The van der Waals surface area contributed by atoms with Crippen LogP contribution in [0.1, 0.15) is 44.7 Å². The molecule has 8 nitrogen and oxygen atoms in total. The van der Waals surface area contributed by atoms with Crippen LogP contribution in [-0.4, -0.2) is 57.0 Å². The van der Waals surface area contributed by atoms with Gasteiger partial charge in [0.05, 0.1) is 41.3 Å². The van der Waals surface area contributed by atoms with Crippen LogP contribution in [-0.2, 0) is 11.2 Å². The van der Waals surface area contributed by atoms with Gasteiger partial charge in [0.1, 0.15) is 17.8 Å². The number of aliphatic hydroxyl groups excluding tert-OH is 1. The molecule has 0 aliphatic carbocycles. The minimum atomic E-state index is -0.273. The van der Waals surface area contributed by atoms with Crippen LogP contribution >= 0.6 is 11.6 Å². The number of halogens is 1. The van der Waals surface area contributed by atoms with Crippen molar-refractivity contribution in [3.8, 4) is 0 Å². The Morgan fingerprint density at radius 1 is 1.11 bits per heavy atom. The summed E-state index contributed by atoms with van der Waals surface area (Å²) in [6.45, 7) is 0.431. The highest BCUT2D eigenvalue weighted by atomic mass is 35.5. The van der Waals surface area contributed by atoms with Gasteiger partial charge in [-0.25, -0.2) is 9.97 Å². The van der Waals surface area contributed by atoms with Crippen LogP contribution in [0.25, 0.3) is 11.0 Å². The number of aromatic nitrogens is 3. The van der Waals surface area contributed by atoms with Crippen molar-refractivity contribution in [3.05, 3.63) is 88.3 Å². The Balaban J connectivity index is 1.38. The summed E-state index contributed by atoms with van der Waals surface area (Å²) in [5.74, 6) is 0.236. The summed E-state index contributed by atoms with van der Waals surface area (Å²) < 4.78 is 5.66. The molecule has 1 saturated heterocycles. The summed E-state index contributed by atoms with van der Waals surface area (Å²) in [4.78, 5) is 37.8. The third-order valence-corrected chi connectivity index (χ3v) is 6.68. The van der Waals surface area contributed by atoms with Gasteiger partial charge in [-0.1, -0.05) is 48.0 Å². The first-order chi connectivity index (χ1) is 17.5. The zero-order valence-corrected chi connectivity index (χ0v) is 20.2. The Bertz CT molecular complexity index is 1400. The Hall–Kier alpha value is -3.59. The second-order valence-corrected chi connectivity index (χ2v) is 9.22. The lowest BCUT2D eigenvalue weighted by Crippen LogP contribution is -2.36. The average Bonchev–Trinajstić information content (AvgIpc) is 3.35. The average molecular weight is 505 g/mol. The lowest BCUT2D eigenvalue weighted by atomic mass is 9.98. The summed E-state index contributed by atoms with van der Waals surface area (Å²) in [6, 6.07) is 14.1. The van der Waals surface area contributed by atoms with Crippen molar-refractivity contribution >= 4 is 40.0 Å². The third kappa shape index (κ3) is 5.02. The topological polar surface area (TPSA) is 117 Å². The SMILES string of the molecule is O=C(Cc1ccc(C(=O)c2c[nH]c3ncnc(N[C@@H]4CC[C@@H](CO)OC4)c23)c(Cl)c1)c1ccccc1. The van der Waals surface area contributed by atoms with Crippen LogP contribution in [0.5, 0.6) is 0 Å². The van der Waals surface area contributed by atoms with Crippen LogP contribution in [0.4, 0.5) is 5.82 Å². The van der Waals surface area contributed by atoms with E-state index in [1.165, 1.54) is 6.33 Å². The number of rotatable bonds is 8. The third-order valence-electron chi connectivity index (χ3n) is 6.37. The molecular formula is C27H25ClN4O4. The molecular weight excluding hydrogens is 480 g/mol. The van der Waals surface area contributed by atoms with E-state index >= 15 is 0 Å². The minimum absolute atomic E-state index is 0.000891. The smallest absolute Gasteiger partial charge is 0.196 e. The Labute approximate surface area is 212 Å². The fraction of sp³-hybridized carbons (Fsp3) is 0.259. The molecule has 0 spiro atoms. The molecule has 2 aromatic heterocycles. The highest BCUT2D eigenvalue weighted by Gasteiger charge is 2.25. The number of anilines is 1. The summed E-state index contributed by atoms with van der Waals surface area (Å²) in [5, 5.41) is 13.5. The van der Waals surface area contributed by atoms with E-state index in [1.807, 2.05) is 18.2 Å². The van der Waals surface area contributed by atoms with Gasteiger partial charge in [-0.3, -0.25) is 9.59 Å². The maximum absolute atomic E-state index is 13.5. The van der Waals surface area contributed by atoms with E-state index in [9.17, 15) is 14.7 Å². The first-order valence-electron chi connectivity index (χ1n) is 11.8. The summed E-state index contributed by atoms with van der Waals surface area (Å²) >= 11 is 6.52. The van der Waals surface area contributed by atoms with Crippen LogP contribution < -0.4 is 5.32 Å². The molecule has 0 unspecified atom stereocenters. The van der Waals surface area contributed by atoms with E-state index in [0.29, 0.717) is 40.1 Å². The number of carbonyl (C=O) groups is 2. The van der Waals surface area contributed by atoms with Crippen molar-refractivity contribution in [1.29, 1.82) is 0 Å². The van der Waals surface area contributed by atoms with E-state index in [0.717, 1.165) is 18.4 Å². The van der Waals surface area contributed by atoms with Crippen molar-refractivity contribution < 1.29 is 19.4 Å². The van der Waals surface area contributed by atoms with Crippen molar-refractivity contribution in [2.75, 3.05) is 18.5 Å². The van der Waals surface area contributed by atoms with E-state index in [1.54, 1.807) is 36.5 Å². The summed E-state index contributed by atoms with van der Waals surface area (Å²) in [7, 11) is 0. The van der Waals surface area contributed by atoms with Gasteiger partial charge in [0.2, 0.25) is 0 Å². The molecule has 3 N–H and O–H groups in total. The summed E-state index contributed by atoms with van der Waals surface area (Å²) in [5.41, 5.74) is 2.61. The molecule has 1 aliphatic heterocycles. The number of ketones is 2. The van der Waals surface area contributed by atoms with Crippen molar-refractivity contribution in [1.82, 2.24) is 15.0 Å². The Morgan fingerprint density at radius 2 is 1.94 bits per heavy atom. The van der Waals surface area contributed by atoms with Crippen LogP contribution in [0.15, 0.2) is 61.1 Å². The number of nitrogens with zero attached hydrogens (tertiary/aromatic N) is 2. The van der Waals surface area contributed by atoms with Gasteiger partial charge in [-0.05, 0) is 30.5 Å². The number of ether oxygens (including phenoxy) is 1. The maximum Gasteiger partial charge on any atom is 0.196 e. The van der Waals surface area contributed by atoms with Crippen LogP contribution in [0.3, 0.4) is 0 Å². The number of fused-ring (bicyclic) bond motifs is 1. The zero-order valence-electron chi connectivity index (χ0n) is 19.4. The van der Waals surface area contributed by atoms with Crippen LogP contribution in [0, 0.1) is 0 Å². The molecule has 5 rings (SSSR count). The van der Waals surface area contributed by atoms with Gasteiger partial charge in [0.15, 0.2) is 11.6 Å². The molecule has 184 valence electrons. The first-order valence-corrected chi connectivity index (χ1v) is 12.1. The second-order valence-electron chi connectivity index (χ2n) is 8.81. The molecule has 0 saturated carbocycles. The number of benzene rings is 2. The first kappa shape index (κ1) is 24.1. The van der Waals surface area contributed by atoms with Crippen molar-refractivity contribution in [2.24, 2.45) is 0 Å². The number of Topliss-reactive ketones (excluding diaryl/α,β-unsaturated/α-hetero) is 1. The largest absolute Gasteiger partial charge is 0.394 e. The van der Waals surface area contributed by atoms with Crippen LogP contribution in [0.2, 0.25) is 5.02 Å². The van der Waals surface area contributed by atoms with Gasteiger partial charge in [-0.15, -0.1) is 0 Å². The number of aliphatic hydroxyl groups is 1. The fourth-order valence-corrected chi connectivity index (χ4v) is 4.71. The molecule has 0 bridgehead atoms. The number of H-pyrrole nitrogens is 1. The maximum atomic E-state index is 13.5. The molecule has 1 fully saturated rings. The molecule has 0 radical (unpaired) electrons. The standard InChI is InChI=1S/C27H25ClN4O4/c28-22-10-16(11-23(34)17-4-2-1-3-5-17)6-9-20(22)25(35)21-12-29-26-24(21)27(31-15-30-26)32-18-7-8-19(13-33)36-14-18/h1-6,9-10,12,15,18-19,33H,7-8,11,13-14H2,(H2,29,30,31,32)/t18-,19+/m1/s1. The van der Waals surface area contributed by atoms with E-state index in [4.69, 9.17) is 16.3 Å². The summed E-state index contributed by atoms with van der Waals surface area (Å²) in [6.07, 6.45) is 4.62. The fourth-order valence-electron chi connectivity index (χ4n) is 4.42. The predicted octanol–water partition coefficient (Wildman–Crippen LogP) is 4.22. The number of hydrogen-bond acceptors (Lipinski definition) is 7. The van der Waals surface area contributed by atoms with Crippen molar-refractivity contribution in [2.45, 2.75) is 31.4 Å². The second kappa shape index (κ2) is 10.6. The zero-order chi connectivity index (χ0) is 25.1. The number of aromatic amines is 1. The van der Waals surface area contributed by atoms with Gasteiger partial charge < -0.3 is 20.1 Å². The van der Waals surface area contributed by atoms with Crippen molar-refractivity contribution in [3.63, 3.8) is 0 Å². The molecule has 4 aromatic rings. The monoisotopic (exact) mass is 504 g/mol. The van der Waals surface area contributed by atoms with Gasteiger partial charge >= 0.3 is 0 Å². The highest BCUT2D eigenvalue weighted by molar-refractivity contribution is 6.35. The molecule has 36 heavy (non-hydrogen) atoms. The Kier molecular flexibility index (Phi) is 7.09. The van der Waals surface area contributed by atoms with E-state index < -0.39 is 0 Å². The minimum Gasteiger partial charge on any atom is -0.394 e. The van der Waals surface area contributed by atoms with Gasteiger partial charge in [0, 0.05) is 23.7 Å².